The van der Waals surface area contributed by atoms with Crippen LogP contribution in [0.15, 0.2) is 24.4 Å². The van der Waals surface area contributed by atoms with E-state index in [0.717, 1.165) is 10.4 Å². The Morgan fingerprint density at radius 2 is 2.18 bits per heavy atom. The Hall–Kier alpha value is -1.88. The average Bonchev–Trinajstić information content (AvgIpc) is 2.63. The molecule has 0 saturated heterocycles. The van der Waals surface area contributed by atoms with Gasteiger partial charge in [-0.05, 0) is 31.5 Å². The van der Waals surface area contributed by atoms with Gasteiger partial charge in [0.05, 0.1) is 5.56 Å². The second-order valence-electron chi connectivity index (χ2n) is 3.82. The first kappa shape index (κ1) is 11.6. The molecule has 1 heterocycles. The predicted octanol–water partition coefficient (Wildman–Crippen LogP) is 2.59. The van der Waals surface area contributed by atoms with Gasteiger partial charge in [0.25, 0.3) is 5.91 Å². The summed E-state index contributed by atoms with van der Waals surface area (Å²) in [6.45, 7) is 3.87. The Labute approximate surface area is 103 Å². The Morgan fingerprint density at radius 3 is 2.76 bits per heavy atom. The summed E-state index contributed by atoms with van der Waals surface area (Å²) in [6.07, 6.45) is 1.72. The van der Waals surface area contributed by atoms with Gasteiger partial charge in [0, 0.05) is 16.8 Å². The third-order valence-corrected chi connectivity index (χ3v) is 3.12. The predicted molar refractivity (Wildman–Crippen MR) is 70.4 cm³/mol. The van der Waals surface area contributed by atoms with E-state index in [-0.39, 0.29) is 5.91 Å². The lowest BCUT2D eigenvalue weighted by atomic mass is 10.1. The number of nitrogens with zero attached hydrogens (tertiary/aromatic N) is 1. The van der Waals surface area contributed by atoms with E-state index in [1.165, 1.54) is 11.3 Å². The minimum atomic E-state index is -0.225. The van der Waals surface area contributed by atoms with E-state index < -0.39 is 0 Å². The van der Waals surface area contributed by atoms with Crippen LogP contribution in [0.4, 0.5) is 10.8 Å². The van der Waals surface area contributed by atoms with Crippen molar-refractivity contribution < 1.29 is 4.79 Å². The smallest absolute Gasteiger partial charge is 0.259 e. The highest BCUT2D eigenvalue weighted by Gasteiger charge is 2.11. The maximum atomic E-state index is 11.9. The van der Waals surface area contributed by atoms with Crippen molar-refractivity contribution in [3.05, 3.63) is 40.4 Å². The molecule has 88 valence electrons. The first-order chi connectivity index (χ1) is 8.06. The van der Waals surface area contributed by atoms with Gasteiger partial charge in [0.15, 0.2) is 5.13 Å². The molecule has 0 bridgehead atoms. The zero-order valence-corrected chi connectivity index (χ0v) is 10.5. The SMILES string of the molecule is Cc1ccc(C(=O)Nc2ncc(C)s2)c(N)c1. The Morgan fingerprint density at radius 1 is 1.41 bits per heavy atom. The number of aromatic nitrogens is 1. The highest BCUT2D eigenvalue weighted by atomic mass is 32.1. The van der Waals surface area contributed by atoms with Gasteiger partial charge >= 0.3 is 0 Å². The highest BCUT2D eigenvalue weighted by molar-refractivity contribution is 7.15. The fraction of sp³-hybridized carbons (Fsp3) is 0.167. The normalized spacial score (nSPS) is 10.2. The number of aryl methyl sites for hydroxylation is 2. The number of nitrogen functional groups attached to an aromatic ring is 1. The van der Waals surface area contributed by atoms with Crippen LogP contribution in [0.5, 0.6) is 0 Å². The van der Waals surface area contributed by atoms with Crippen molar-refractivity contribution in [2.24, 2.45) is 0 Å². The number of benzene rings is 1. The molecular weight excluding hydrogens is 234 g/mol. The van der Waals surface area contributed by atoms with Gasteiger partial charge in [-0.25, -0.2) is 4.98 Å². The molecule has 0 aliphatic rings. The summed E-state index contributed by atoms with van der Waals surface area (Å²) in [4.78, 5) is 17.1. The number of carbonyl (C=O) groups excluding carboxylic acids is 1. The van der Waals surface area contributed by atoms with E-state index in [9.17, 15) is 4.79 Å². The third kappa shape index (κ3) is 2.62. The molecule has 17 heavy (non-hydrogen) atoms. The lowest BCUT2D eigenvalue weighted by Gasteiger charge is -2.05. The van der Waals surface area contributed by atoms with Gasteiger partial charge in [-0.15, -0.1) is 11.3 Å². The number of thiazole rings is 1. The Balaban J connectivity index is 2.20. The first-order valence-electron chi connectivity index (χ1n) is 5.16. The van der Waals surface area contributed by atoms with Crippen molar-refractivity contribution in [1.82, 2.24) is 4.98 Å². The average molecular weight is 247 g/mol. The molecule has 4 nitrogen and oxygen atoms in total. The largest absolute Gasteiger partial charge is 0.398 e. The summed E-state index contributed by atoms with van der Waals surface area (Å²) >= 11 is 1.44. The molecule has 0 fully saturated rings. The number of anilines is 2. The maximum Gasteiger partial charge on any atom is 0.259 e. The molecule has 2 aromatic rings. The monoisotopic (exact) mass is 247 g/mol. The van der Waals surface area contributed by atoms with Crippen molar-refractivity contribution in [2.75, 3.05) is 11.1 Å². The fourth-order valence-corrected chi connectivity index (χ4v) is 2.13. The third-order valence-electron chi connectivity index (χ3n) is 2.29. The fourth-order valence-electron chi connectivity index (χ4n) is 1.47. The number of nitrogens with one attached hydrogen (secondary N) is 1. The van der Waals surface area contributed by atoms with Crippen molar-refractivity contribution in [3.63, 3.8) is 0 Å². The molecule has 0 saturated carbocycles. The zero-order chi connectivity index (χ0) is 12.4. The number of hydrogen-bond donors (Lipinski definition) is 2. The number of nitrogens with two attached hydrogens (primary N) is 1. The number of hydrogen-bond acceptors (Lipinski definition) is 4. The van der Waals surface area contributed by atoms with E-state index in [0.29, 0.717) is 16.4 Å². The van der Waals surface area contributed by atoms with Crippen LogP contribution >= 0.6 is 11.3 Å². The van der Waals surface area contributed by atoms with Crippen molar-refractivity contribution in [3.8, 4) is 0 Å². The van der Waals surface area contributed by atoms with Crippen LogP contribution in [0.2, 0.25) is 0 Å². The van der Waals surface area contributed by atoms with Gasteiger partial charge in [-0.1, -0.05) is 6.07 Å². The maximum absolute atomic E-state index is 11.9. The summed E-state index contributed by atoms with van der Waals surface area (Å²) in [5, 5.41) is 3.32. The number of rotatable bonds is 2. The molecule has 1 aromatic carbocycles. The van der Waals surface area contributed by atoms with E-state index in [1.807, 2.05) is 19.9 Å². The molecule has 0 radical (unpaired) electrons. The molecule has 0 atom stereocenters. The topological polar surface area (TPSA) is 68.0 Å². The summed E-state index contributed by atoms with van der Waals surface area (Å²) in [6, 6.07) is 5.36. The van der Waals surface area contributed by atoms with Crippen LogP contribution in [0.25, 0.3) is 0 Å². The van der Waals surface area contributed by atoms with Crippen molar-refractivity contribution in [2.45, 2.75) is 13.8 Å². The van der Waals surface area contributed by atoms with Gasteiger partial charge in [0.1, 0.15) is 0 Å². The molecule has 3 N–H and O–H groups in total. The molecule has 0 unspecified atom stereocenters. The summed E-state index contributed by atoms with van der Waals surface area (Å²) in [5.74, 6) is -0.225. The molecule has 5 heteroatoms. The zero-order valence-electron chi connectivity index (χ0n) is 9.65. The van der Waals surface area contributed by atoms with E-state index in [1.54, 1.807) is 18.3 Å². The quantitative estimate of drug-likeness (QED) is 0.801. The standard InChI is InChI=1S/C12H13N3OS/c1-7-3-4-9(10(13)5-7)11(16)15-12-14-6-8(2)17-12/h3-6H,13H2,1-2H3,(H,14,15,16). The molecule has 1 amide bonds. The van der Waals surface area contributed by atoms with Crippen LogP contribution in [0.3, 0.4) is 0 Å². The van der Waals surface area contributed by atoms with Crippen LogP contribution in [-0.2, 0) is 0 Å². The second-order valence-corrected chi connectivity index (χ2v) is 5.06. The molecular formula is C12H13N3OS. The van der Waals surface area contributed by atoms with Gasteiger partial charge in [0.2, 0.25) is 0 Å². The van der Waals surface area contributed by atoms with Crippen LogP contribution < -0.4 is 11.1 Å². The molecule has 2 rings (SSSR count). The second kappa shape index (κ2) is 4.55. The lowest BCUT2D eigenvalue weighted by molar-refractivity contribution is 0.102. The van der Waals surface area contributed by atoms with Crippen LogP contribution in [0.1, 0.15) is 20.8 Å². The molecule has 0 aliphatic heterocycles. The van der Waals surface area contributed by atoms with Gasteiger partial charge < -0.3 is 5.73 Å². The number of amides is 1. The van der Waals surface area contributed by atoms with Gasteiger partial charge in [-0.3, -0.25) is 10.1 Å². The minimum absolute atomic E-state index is 0.225. The van der Waals surface area contributed by atoms with Crippen molar-refractivity contribution >= 4 is 28.1 Å². The van der Waals surface area contributed by atoms with Crippen LogP contribution in [-0.4, -0.2) is 10.9 Å². The number of carbonyl (C=O) groups is 1. The Kier molecular flexibility index (Phi) is 3.10. The summed E-state index contributed by atoms with van der Waals surface area (Å²) < 4.78 is 0. The molecule has 0 spiro atoms. The van der Waals surface area contributed by atoms with Crippen LogP contribution in [0, 0.1) is 13.8 Å². The van der Waals surface area contributed by atoms with E-state index in [2.05, 4.69) is 10.3 Å². The highest BCUT2D eigenvalue weighted by Crippen LogP contribution is 2.19. The molecule has 1 aromatic heterocycles. The summed E-state index contributed by atoms with van der Waals surface area (Å²) in [5.41, 5.74) is 7.79. The van der Waals surface area contributed by atoms with E-state index in [4.69, 9.17) is 5.73 Å². The first-order valence-corrected chi connectivity index (χ1v) is 5.98. The summed E-state index contributed by atoms with van der Waals surface area (Å²) in [7, 11) is 0. The van der Waals surface area contributed by atoms with Gasteiger partial charge in [-0.2, -0.15) is 0 Å². The van der Waals surface area contributed by atoms with E-state index >= 15 is 0 Å². The lowest BCUT2D eigenvalue weighted by Crippen LogP contribution is -2.13. The van der Waals surface area contributed by atoms with Crippen molar-refractivity contribution in [1.29, 1.82) is 0 Å². The minimum Gasteiger partial charge on any atom is -0.398 e. The molecule has 0 aliphatic carbocycles. The Bertz CT molecular complexity index is 563.